The Labute approximate surface area is 185 Å². The van der Waals surface area contributed by atoms with Crippen LogP contribution in [-0.2, 0) is 16.1 Å². The Bertz CT molecular complexity index is 1190. The third-order valence-corrected chi connectivity index (χ3v) is 6.81. The van der Waals surface area contributed by atoms with E-state index >= 15 is 0 Å². The number of carbonyl (C=O) groups is 2. The summed E-state index contributed by atoms with van der Waals surface area (Å²) in [5, 5.41) is 1.81. The molecule has 2 aliphatic heterocycles. The van der Waals surface area contributed by atoms with Crippen molar-refractivity contribution in [2.45, 2.75) is 38.0 Å². The summed E-state index contributed by atoms with van der Waals surface area (Å²) >= 11 is 6.16. The minimum Gasteiger partial charge on any atom is -0.468 e. The molecule has 3 aromatic rings. The molecule has 0 spiro atoms. The lowest BCUT2D eigenvalue weighted by molar-refractivity contribution is -0.175. The van der Waals surface area contributed by atoms with E-state index < -0.39 is 17.6 Å². The second-order valence-electron chi connectivity index (χ2n) is 8.56. The van der Waals surface area contributed by atoms with Gasteiger partial charge in [-0.25, -0.2) is 0 Å². The molecule has 5 rings (SSSR count). The van der Waals surface area contributed by atoms with Crippen molar-refractivity contribution in [1.82, 2.24) is 9.47 Å². The Morgan fingerprint density at radius 3 is 2.84 bits per heavy atom. The van der Waals surface area contributed by atoms with E-state index in [1.54, 1.807) is 4.90 Å². The standard InChI is InChI=1S/C24H24ClN3O3/c1-24-14-18(17-5-2-3-6-20(17)31-24)21(22(26)29)23(30)28(24)11-4-10-27-12-9-15-7-8-16(25)13-19(15)27/h2-3,5-9,12-13,18,21H,4,10-11,14H2,1H3,(H2,26,29)/t18-,21-,24-/m0/s1. The van der Waals surface area contributed by atoms with Gasteiger partial charge in [-0.15, -0.1) is 0 Å². The zero-order valence-corrected chi connectivity index (χ0v) is 18.0. The number of benzene rings is 2. The molecule has 0 unspecified atom stereocenters. The van der Waals surface area contributed by atoms with E-state index in [4.69, 9.17) is 22.1 Å². The minimum absolute atomic E-state index is 0.249. The number of aryl methyl sites for hydroxylation is 1. The smallest absolute Gasteiger partial charge is 0.238 e. The molecule has 6 nitrogen and oxygen atoms in total. The number of rotatable bonds is 5. The third kappa shape index (κ3) is 3.26. The van der Waals surface area contributed by atoms with Crippen LogP contribution in [0.5, 0.6) is 5.75 Å². The second-order valence-corrected chi connectivity index (χ2v) is 9.00. The molecule has 2 N–H and O–H groups in total. The number of hydrogen-bond acceptors (Lipinski definition) is 3. The summed E-state index contributed by atoms with van der Waals surface area (Å²) < 4.78 is 8.43. The van der Waals surface area contributed by atoms with Crippen molar-refractivity contribution in [3.8, 4) is 5.75 Å². The van der Waals surface area contributed by atoms with Crippen LogP contribution in [0.15, 0.2) is 54.7 Å². The van der Waals surface area contributed by atoms with Crippen molar-refractivity contribution in [2.75, 3.05) is 6.54 Å². The molecular weight excluding hydrogens is 414 g/mol. The van der Waals surface area contributed by atoms with E-state index in [9.17, 15) is 9.59 Å². The molecule has 3 atom stereocenters. The van der Waals surface area contributed by atoms with Crippen molar-refractivity contribution in [2.24, 2.45) is 11.7 Å². The van der Waals surface area contributed by atoms with Crippen LogP contribution in [0.3, 0.4) is 0 Å². The first-order valence-corrected chi connectivity index (χ1v) is 10.9. The molecule has 1 aromatic heterocycles. The quantitative estimate of drug-likeness (QED) is 0.615. The van der Waals surface area contributed by atoms with Gasteiger partial charge in [-0.3, -0.25) is 9.59 Å². The first-order chi connectivity index (χ1) is 14.9. The Kier molecular flexibility index (Phi) is 4.70. The molecule has 2 amide bonds. The van der Waals surface area contributed by atoms with E-state index in [0.29, 0.717) is 31.0 Å². The van der Waals surface area contributed by atoms with E-state index in [0.717, 1.165) is 22.2 Å². The number of nitrogens with two attached hydrogens (primary N) is 1. The van der Waals surface area contributed by atoms with E-state index in [-0.39, 0.29) is 11.8 Å². The molecule has 1 fully saturated rings. The van der Waals surface area contributed by atoms with Crippen LogP contribution in [0.4, 0.5) is 0 Å². The van der Waals surface area contributed by atoms with E-state index in [1.165, 1.54) is 0 Å². The van der Waals surface area contributed by atoms with E-state index in [1.807, 2.05) is 61.7 Å². The van der Waals surface area contributed by atoms with Gasteiger partial charge in [0.05, 0.1) is 0 Å². The van der Waals surface area contributed by atoms with Gasteiger partial charge in [0.15, 0.2) is 5.72 Å². The Morgan fingerprint density at radius 1 is 1.23 bits per heavy atom. The summed E-state index contributed by atoms with van der Waals surface area (Å²) in [7, 11) is 0. The highest BCUT2D eigenvalue weighted by molar-refractivity contribution is 6.31. The van der Waals surface area contributed by atoms with Gasteiger partial charge in [0, 0.05) is 42.2 Å². The summed E-state index contributed by atoms with van der Waals surface area (Å²) in [5.41, 5.74) is 6.83. The molecular formula is C24H24ClN3O3. The highest BCUT2D eigenvalue weighted by atomic mass is 35.5. The first kappa shape index (κ1) is 19.9. The van der Waals surface area contributed by atoms with Gasteiger partial charge in [-0.2, -0.15) is 0 Å². The fourth-order valence-electron chi connectivity index (χ4n) is 5.13. The van der Waals surface area contributed by atoms with Gasteiger partial charge < -0.3 is 19.9 Å². The summed E-state index contributed by atoms with van der Waals surface area (Å²) in [6.45, 7) is 3.11. The van der Waals surface area contributed by atoms with Crippen LogP contribution >= 0.6 is 11.6 Å². The largest absolute Gasteiger partial charge is 0.468 e. The predicted octanol–water partition coefficient (Wildman–Crippen LogP) is 3.91. The summed E-state index contributed by atoms with van der Waals surface area (Å²) in [6.07, 6.45) is 3.28. The fraction of sp³-hybridized carbons (Fsp3) is 0.333. The number of likely N-dealkylation sites (tertiary alicyclic amines) is 1. The van der Waals surface area contributed by atoms with Crippen LogP contribution in [-0.4, -0.2) is 33.6 Å². The van der Waals surface area contributed by atoms with Gasteiger partial charge in [-0.1, -0.05) is 35.9 Å². The Morgan fingerprint density at radius 2 is 2.03 bits per heavy atom. The first-order valence-electron chi connectivity index (χ1n) is 10.5. The number of nitrogens with zero attached hydrogens (tertiary/aromatic N) is 2. The van der Waals surface area contributed by atoms with Crippen molar-refractivity contribution >= 4 is 34.3 Å². The average Bonchev–Trinajstić information content (AvgIpc) is 3.12. The van der Waals surface area contributed by atoms with Crippen LogP contribution in [0.1, 0.15) is 31.2 Å². The minimum atomic E-state index is -0.871. The average molecular weight is 438 g/mol. The highest BCUT2D eigenvalue weighted by Crippen LogP contribution is 2.50. The maximum absolute atomic E-state index is 13.4. The maximum Gasteiger partial charge on any atom is 0.238 e. The molecule has 31 heavy (non-hydrogen) atoms. The van der Waals surface area contributed by atoms with Crippen LogP contribution < -0.4 is 10.5 Å². The lowest BCUT2D eigenvalue weighted by Gasteiger charge is -2.52. The number of carbonyl (C=O) groups excluding carboxylic acids is 2. The number of fused-ring (bicyclic) bond motifs is 5. The summed E-state index contributed by atoms with van der Waals surface area (Å²) in [6, 6.07) is 15.5. The number of ether oxygens (including phenoxy) is 1. The number of para-hydroxylation sites is 1. The fourth-order valence-corrected chi connectivity index (χ4v) is 5.30. The maximum atomic E-state index is 13.4. The normalized spacial score (nSPS) is 24.7. The molecule has 0 aliphatic carbocycles. The monoisotopic (exact) mass is 437 g/mol. The van der Waals surface area contributed by atoms with Gasteiger partial charge in [-0.05, 0) is 48.6 Å². The number of primary amides is 1. The molecule has 2 aromatic carbocycles. The van der Waals surface area contributed by atoms with Crippen molar-refractivity contribution in [3.63, 3.8) is 0 Å². The van der Waals surface area contributed by atoms with Crippen molar-refractivity contribution in [3.05, 3.63) is 65.3 Å². The van der Waals surface area contributed by atoms with Crippen molar-refractivity contribution in [1.29, 1.82) is 0 Å². The van der Waals surface area contributed by atoms with Crippen LogP contribution in [0.25, 0.3) is 10.9 Å². The number of hydrogen-bond donors (Lipinski definition) is 1. The van der Waals surface area contributed by atoms with E-state index in [2.05, 4.69) is 4.57 Å². The number of piperidine rings is 1. The highest BCUT2D eigenvalue weighted by Gasteiger charge is 2.55. The topological polar surface area (TPSA) is 77.6 Å². The van der Waals surface area contributed by atoms with Gasteiger partial charge >= 0.3 is 0 Å². The molecule has 160 valence electrons. The Balaban J connectivity index is 1.40. The molecule has 3 heterocycles. The Hall–Kier alpha value is -2.99. The molecule has 2 aliphatic rings. The summed E-state index contributed by atoms with van der Waals surface area (Å²) in [4.78, 5) is 27.3. The van der Waals surface area contributed by atoms with Gasteiger partial charge in [0.25, 0.3) is 0 Å². The van der Waals surface area contributed by atoms with Gasteiger partial charge in [0.2, 0.25) is 11.8 Å². The number of amides is 2. The molecule has 0 saturated carbocycles. The molecule has 1 saturated heterocycles. The van der Waals surface area contributed by atoms with Crippen LogP contribution in [0.2, 0.25) is 5.02 Å². The number of aromatic nitrogens is 1. The molecule has 2 bridgehead atoms. The second kappa shape index (κ2) is 7.31. The summed E-state index contributed by atoms with van der Waals surface area (Å²) in [5.74, 6) is -1.24. The van der Waals surface area contributed by atoms with Crippen LogP contribution in [0, 0.1) is 5.92 Å². The van der Waals surface area contributed by atoms with Gasteiger partial charge in [0.1, 0.15) is 11.7 Å². The third-order valence-electron chi connectivity index (χ3n) is 6.58. The lowest BCUT2D eigenvalue weighted by Crippen LogP contribution is -2.64. The lowest BCUT2D eigenvalue weighted by atomic mass is 9.73. The number of halogens is 1. The molecule has 0 radical (unpaired) electrons. The van der Waals surface area contributed by atoms with Crippen molar-refractivity contribution < 1.29 is 14.3 Å². The zero-order chi connectivity index (χ0) is 21.8. The SMILES string of the molecule is C[C@@]12C[C@@H](c3ccccc3O1)[C@@H](C(N)=O)C(=O)N2CCCn1ccc2ccc(Cl)cc21. The zero-order valence-electron chi connectivity index (χ0n) is 17.3. The molecule has 7 heteroatoms. The predicted molar refractivity (Wildman–Crippen MR) is 119 cm³/mol.